The Labute approximate surface area is 210 Å². The number of carbonyl (C=O) groups is 3. The zero-order valence-electron chi connectivity index (χ0n) is 22.8. The molecular formula is C30H45NO4. The molecule has 0 heterocycles. The fraction of sp³-hybridized carbons (Fsp3) is 0.833. The van der Waals surface area contributed by atoms with Crippen molar-refractivity contribution in [2.75, 3.05) is 0 Å². The van der Waals surface area contributed by atoms with Gasteiger partial charge in [-0.3, -0.25) is 19.6 Å². The van der Waals surface area contributed by atoms with Crippen molar-refractivity contribution in [2.45, 2.75) is 106 Å². The first-order valence-corrected chi connectivity index (χ1v) is 13.8. The van der Waals surface area contributed by atoms with E-state index in [0.29, 0.717) is 18.6 Å². The summed E-state index contributed by atoms with van der Waals surface area (Å²) >= 11 is 0. The average molecular weight is 484 g/mol. The van der Waals surface area contributed by atoms with E-state index in [1.807, 2.05) is 18.5 Å². The van der Waals surface area contributed by atoms with Crippen LogP contribution in [0.2, 0.25) is 0 Å². The van der Waals surface area contributed by atoms with Gasteiger partial charge in [0, 0.05) is 23.2 Å². The topological polar surface area (TPSA) is 83.5 Å². The van der Waals surface area contributed by atoms with Crippen LogP contribution < -0.4 is 5.48 Å². The van der Waals surface area contributed by atoms with Crippen LogP contribution >= 0.6 is 0 Å². The van der Waals surface area contributed by atoms with Gasteiger partial charge < -0.3 is 0 Å². The molecule has 0 spiro atoms. The highest BCUT2D eigenvalue weighted by atomic mass is 16.5. The summed E-state index contributed by atoms with van der Waals surface area (Å²) in [6, 6.07) is 0. The second-order valence-corrected chi connectivity index (χ2v) is 14.8. The number of Topliss-reactive ketones (excluding diaryl/α,β-unsaturated/α-hetero) is 1. The number of nitrogens with one attached hydrogen (secondary N) is 1. The zero-order chi connectivity index (χ0) is 25.8. The molecule has 5 rings (SSSR count). The Kier molecular flexibility index (Phi) is 5.25. The van der Waals surface area contributed by atoms with Gasteiger partial charge in [-0.1, -0.05) is 54.0 Å². The van der Waals surface area contributed by atoms with E-state index in [-0.39, 0.29) is 56.5 Å². The molecule has 0 aromatic carbocycles. The van der Waals surface area contributed by atoms with Gasteiger partial charge in [-0.15, -0.1) is 0 Å². The van der Waals surface area contributed by atoms with E-state index in [9.17, 15) is 19.6 Å². The maximum Gasteiger partial charge on any atom is 0.249 e. The van der Waals surface area contributed by atoms with Crippen molar-refractivity contribution >= 4 is 17.5 Å². The number of amides is 1. The molecule has 0 aliphatic heterocycles. The van der Waals surface area contributed by atoms with E-state index in [1.165, 1.54) is 5.57 Å². The van der Waals surface area contributed by atoms with Crippen LogP contribution in [0.5, 0.6) is 0 Å². The third-order valence-corrected chi connectivity index (χ3v) is 13.0. The lowest BCUT2D eigenvalue weighted by Crippen LogP contribution is -2.66. The lowest BCUT2D eigenvalue weighted by atomic mass is 9.33. The standard InChI is InChI=1S/C30H45NO4/c1-25(2)21-8-11-30(7)23(28(21,5)10-9-22(25)33)20(32)16-18-19-17-27(4,24(34)31-35)13-12-26(19,3)14-15-29(18,30)6/h16,19,21,23,35H,8-15,17H2,1-7H3,(H,31,34)/t19-,21-,23+,26+,27-,28-,29+,30+/m0/s1. The normalized spacial score (nSPS) is 50.7. The van der Waals surface area contributed by atoms with Crippen LogP contribution in [0, 0.1) is 50.2 Å². The molecular weight excluding hydrogens is 438 g/mol. The predicted molar refractivity (Wildman–Crippen MR) is 134 cm³/mol. The van der Waals surface area contributed by atoms with Crippen LogP contribution in [0.4, 0.5) is 0 Å². The maximum atomic E-state index is 14.2. The highest BCUT2D eigenvalue weighted by Gasteiger charge is 2.70. The quantitative estimate of drug-likeness (QED) is 0.352. The Bertz CT molecular complexity index is 1030. The smallest absolute Gasteiger partial charge is 0.249 e. The molecule has 2 N–H and O–H groups in total. The minimum absolute atomic E-state index is 0.0738. The molecule has 35 heavy (non-hydrogen) atoms. The van der Waals surface area contributed by atoms with E-state index in [4.69, 9.17) is 0 Å². The van der Waals surface area contributed by atoms with Gasteiger partial charge in [0.15, 0.2) is 5.78 Å². The van der Waals surface area contributed by atoms with Crippen LogP contribution in [0.3, 0.4) is 0 Å². The predicted octanol–water partition coefficient (Wildman–Crippen LogP) is 6.04. The summed E-state index contributed by atoms with van der Waals surface area (Å²) in [5, 5.41) is 9.44. The van der Waals surface area contributed by atoms with E-state index >= 15 is 0 Å². The minimum atomic E-state index is -0.629. The monoisotopic (exact) mass is 483 g/mol. The number of hydrogen-bond acceptors (Lipinski definition) is 4. The fourth-order valence-corrected chi connectivity index (χ4v) is 10.3. The van der Waals surface area contributed by atoms with Crippen molar-refractivity contribution in [3.63, 3.8) is 0 Å². The van der Waals surface area contributed by atoms with Gasteiger partial charge in [0.1, 0.15) is 5.78 Å². The largest absolute Gasteiger partial charge is 0.299 e. The molecule has 5 aliphatic rings. The summed E-state index contributed by atoms with van der Waals surface area (Å²) < 4.78 is 0. The molecule has 0 radical (unpaired) electrons. The fourth-order valence-electron chi connectivity index (χ4n) is 10.3. The summed E-state index contributed by atoms with van der Waals surface area (Å²) in [6.07, 6.45) is 9.87. The molecule has 0 unspecified atom stereocenters. The van der Waals surface area contributed by atoms with Crippen molar-refractivity contribution in [1.82, 2.24) is 5.48 Å². The first kappa shape index (κ1) is 25.2. The molecule has 8 atom stereocenters. The average Bonchev–Trinajstić information content (AvgIpc) is 2.78. The lowest BCUT2D eigenvalue weighted by molar-refractivity contribution is -0.188. The summed E-state index contributed by atoms with van der Waals surface area (Å²) in [5.41, 5.74) is 1.80. The van der Waals surface area contributed by atoms with Gasteiger partial charge in [-0.2, -0.15) is 0 Å². The Morgan fingerprint density at radius 2 is 1.60 bits per heavy atom. The molecule has 4 fully saturated rings. The molecule has 5 nitrogen and oxygen atoms in total. The van der Waals surface area contributed by atoms with Gasteiger partial charge in [0.05, 0.1) is 0 Å². The first-order valence-electron chi connectivity index (χ1n) is 13.8. The molecule has 0 aromatic rings. The Morgan fingerprint density at radius 1 is 0.943 bits per heavy atom. The second-order valence-electron chi connectivity index (χ2n) is 14.8. The summed E-state index contributed by atoms with van der Waals surface area (Å²) in [5.74, 6) is 0.619. The van der Waals surface area contributed by atoms with Crippen LogP contribution in [0.25, 0.3) is 0 Å². The Balaban J connectivity index is 1.62. The van der Waals surface area contributed by atoms with Crippen molar-refractivity contribution in [3.8, 4) is 0 Å². The van der Waals surface area contributed by atoms with Gasteiger partial charge in [-0.25, -0.2) is 5.48 Å². The van der Waals surface area contributed by atoms with Crippen molar-refractivity contribution in [3.05, 3.63) is 11.6 Å². The van der Waals surface area contributed by atoms with E-state index in [2.05, 4.69) is 41.5 Å². The van der Waals surface area contributed by atoms with Crippen LogP contribution in [-0.4, -0.2) is 22.7 Å². The van der Waals surface area contributed by atoms with Gasteiger partial charge in [0.25, 0.3) is 0 Å². The molecule has 0 saturated heterocycles. The molecule has 194 valence electrons. The number of fused-ring (bicyclic) bond motifs is 7. The van der Waals surface area contributed by atoms with Crippen molar-refractivity contribution in [1.29, 1.82) is 0 Å². The number of ketones is 2. The molecule has 0 aromatic heterocycles. The SMILES string of the molecule is CC1(C)C(=O)CC[C@]2(C)[C@H]3C(=O)C=C4[C@@H]5C[C@@](C)(C(=O)NO)CC[C@]5(C)CC[C@@]4(C)[C@]3(C)CC[C@@H]12. The molecule has 0 bridgehead atoms. The Morgan fingerprint density at radius 3 is 2.26 bits per heavy atom. The molecule has 5 aliphatic carbocycles. The number of carbonyl (C=O) groups excluding carboxylic acids is 3. The minimum Gasteiger partial charge on any atom is -0.299 e. The summed E-state index contributed by atoms with van der Waals surface area (Å²) in [7, 11) is 0. The van der Waals surface area contributed by atoms with Crippen molar-refractivity contribution < 1.29 is 19.6 Å². The summed E-state index contributed by atoms with van der Waals surface area (Å²) in [4.78, 5) is 39.8. The van der Waals surface area contributed by atoms with Gasteiger partial charge in [-0.05, 0) is 90.9 Å². The summed E-state index contributed by atoms with van der Waals surface area (Å²) in [6.45, 7) is 15.6. The van der Waals surface area contributed by atoms with Gasteiger partial charge in [0.2, 0.25) is 5.91 Å². The highest BCUT2D eigenvalue weighted by Crippen LogP contribution is 2.74. The maximum absolute atomic E-state index is 14.2. The van der Waals surface area contributed by atoms with Crippen LogP contribution in [0.15, 0.2) is 11.6 Å². The number of allylic oxidation sites excluding steroid dienone is 2. The number of hydroxylamine groups is 1. The van der Waals surface area contributed by atoms with Gasteiger partial charge >= 0.3 is 0 Å². The first-order chi connectivity index (χ1) is 16.1. The number of hydrogen-bond donors (Lipinski definition) is 2. The third kappa shape index (κ3) is 3.00. The van der Waals surface area contributed by atoms with E-state index in [1.54, 1.807) is 0 Å². The lowest BCUT2D eigenvalue weighted by Gasteiger charge is -2.69. The molecule has 5 heteroatoms. The molecule has 1 amide bonds. The third-order valence-electron chi connectivity index (χ3n) is 13.0. The number of rotatable bonds is 1. The second kappa shape index (κ2) is 7.30. The zero-order valence-corrected chi connectivity index (χ0v) is 22.8. The highest BCUT2D eigenvalue weighted by molar-refractivity contribution is 5.96. The Hall–Kier alpha value is -1.49. The van der Waals surface area contributed by atoms with Crippen LogP contribution in [0.1, 0.15) is 106 Å². The van der Waals surface area contributed by atoms with E-state index < -0.39 is 5.41 Å². The molecule has 4 saturated carbocycles. The van der Waals surface area contributed by atoms with E-state index in [0.717, 1.165) is 44.9 Å². The van der Waals surface area contributed by atoms with Crippen molar-refractivity contribution in [2.24, 2.45) is 50.2 Å². The van der Waals surface area contributed by atoms with Crippen LogP contribution in [-0.2, 0) is 14.4 Å².